The molecule has 1 unspecified atom stereocenters. The first-order valence-corrected chi connectivity index (χ1v) is 5.94. The van der Waals surface area contributed by atoms with Crippen molar-refractivity contribution in [3.05, 3.63) is 29.6 Å². The Balaban J connectivity index is 1.68. The zero-order valence-electron chi connectivity index (χ0n) is 9.29. The van der Waals surface area contributed by atoms with Gasteiger partial charge in [-0.1, -0.05) is 13.0 Å². The molecular formula is C13H18N2. The fraction of sp³-hybridized carbons (Fsp3) is 0.615. The molecule has 1 N–H and O–H groups in total. The minimum Gasteiger partial charge on any atom is -0.308 e. The van der Waals surface area contributed by atoms with Gasteiger partial charge in [-0.15, -0.1) is 0 Å². The van der Waals surface area contributed by atoms with Gasteiger partial charge in [0.2, 0.25) is 0 Å². The van der Waals surface area contributed by atoms with E-state index in [2.05, 4.69) is 23.3 Å². The Kier molecular flexibility index (Phi) is 2.06. The van der Waals surface area contributed by atoms with Crippen molar-refractivity contribution >= 4 is 0 Å². The van der Waals surface area contributed by atoms with Gasteiger partial charge in [0.1, 0.15) is 0 Å². The molecule has 0 bridgehead atoms. The summed E-state index contributed by atoms with van der Waals surface area (Å²) in [6.07, 6.45) is 7.11. The van der Waals surface area contributed by atoms with Crippen molar-refractivity contribution in [1.82, 2.24) is 10.3 Å². The molecule has 0 radical (unpaired) electrons. The van der Waals surface area contributed by atoms with Crippen molar-refractivity contribution in [1.29, 1.82) is 0 Å². The third kappa shape index (κ3) is 1.78. The lowest BCUT2D eigenvalue weighted by atomic mass is 10.1. The van der Waals surface area contributed by atoms with Gasteiger partial charge in [0, 0.05) is 12.7 Å². The van der Waals surface area contributed by atoms with E-state index >= 15 is 0 Å². The van der Waals surface area contributed by atoms with Crippen molar-refractivity contribution in [2.45, 2.75) is 38.6 Å². The molecule has 2 aliphatic carbocycles. The van der Waals surface area contributed by atoms with Crippen LogP contribution in [0.15, 0.2) is 18.3 Å². The fourth-order valence-corrected chi connectivity index (χ4v) is 2.37. The van der Waals surface area contributed by atoms with E-state index < -0.39 is 0 Å². The second-order valence-corrected chi connectivity index (χ2v) is 5.33. The predicted molar refractivity (Wildman–Crippen MR) is 60.6 cm³/mol. The van der Waals surface area contributed by atoms with E-state index in [0.717, 1.165) is 6.54 Å². The van der Waals surface area contributed by atoms with Crippen LogP contribution in [0.3, 0.4) is 0 Å². The Morgan fingerprint density at radius 1 is 1.53 bits per heavy atom. The van der Waals surface area contributed by atoms with Crippen LogP contribution in [-0.2, 0) is 6.42 Å². The van der Waals surface area contributed by atoms with E-state index in [1.54, 1.807) is 0 Å². The second kappa shape index (κ2) is 3.31. The summed E-state index contributed by atoms with van der Waals surface area (Å²) in [4.78, 5) is 4.50. The highest BCUT2D eigenvalue weighted by Gasteiger charge is 2.37. The third-order valence-electron chi connectivity index (χ3n) is 3.84. The fourth-order valence-electron chi connectivity index (χ4n) is 2.37. The monoisotopic (exact) mass is 202 g/mol. The first-order valence-electron chi connectivity index (χ1n) is 5.94. The standard InChI is InChI=1S/C13H18N2/c1-13(6-7-13)9-15-11-5-4-10-3-2-8-14-12(10)11/h2-3,8,11,15H,4-7,9H2,1H3. The highest BCUT2D eigenvalue weighted by molar-refractivity contribution is 5.27. The Hall–Kier alpha value is -0.890. The maximum Gasteiger partial charge on any atom is 0.0605 e. The Morgan fingerprint density at radius 2 is 2.40 bits per heavy atom. The number of fused-ring (bicyclic) bond motifs is 1. The van der Waals surface area contributed by atoms with E-state index in [1.165, 1.54) is 36.9 Å². The molecule has 3 rings (SSSR count). The maximum absolute atomic E-state index is 4.50. The summed E-state index contributed by atoms with van der Waals surface area (Å²) in [5.41, 5.74) is 3.33. The van der Waals surface area contributed by atoms with Crippen LogP contribution < -0.4 is 5.32 Å². The summed E-state index contributed by atoms with van der Waals surface area (Å²) in [7, 11) is 0. The molecule has 2 heteroatoms. The number of aryl methyl sites for hydroxylation is 1. The minimum absolute atomic E-state index is 0.513. The van der Waals surface area contributed by atoms with Crippen molar-refractivity contribution < 1.29 is 0 Å². The van der Waals surface area contributed by atoms with Gasteiger partial charge in [-0.05, 0) is 42.7 Å². The highest BCUT2D eigenvalue weighted by atomic mass is 15.0. The average Bonchev–Trinajstić information content (AvgIpc) is 2.86. The summed E-state index contributed by atoms with van der Waals surface area (Å²) >= 11 is 0. The molecule has 1 heterocycles. The number of hydrogen-bond acceptors (Lipinski definition) is 2. The molecule has 0 spiro atoms. The van der Waals surface area contributed by atoms with E-state index in [0.29, 0.717) is 11.5 Å². The topological polar surface area (TPSA) is 24.9 Å². The summed E-state index contributed by atoms with van der Waals surface area (Å²) < 4.78 is 0. The van der Waals surface area contributed by atoms with Gasteiger partial charge in [-0.3, -0.25) is 4.98 Å². The van der Waals surface area contributed by atoms with Crippen LogP contribution in [0.5, 0.6) is 0 Å². The zero-order valence-corrected chi connectivity index (χ0v) is 9.29. The molecule has 1 aromatic rings. The van der Waals surface area contributed by atoms with Crippen LogP contribution in [0.4, 0.5) is 0 Å². The van der Waals surface area contributed by atoms with Crippen LogP contribution in [0.1, 0.15) is 43.5 Å². The van der Waals surface area contributed by atoms with Gasteiger partial charge in [0.25, 0.3) is 0 Å². The van der Waals surface area contributed by atoms with Gasteiger partial charge in [-0.25, -0.2) is 0 Å². The Labute approximate surface area is 91.1 Å². The lowest BCUT2D eigenvalue weighted by molar-refractivity contribution is 0.435. The SMILES string of the molecule is CC1(CNC2CCc3cccnc32)CC1. The predicted octanol–water partition coefficient (Wildman–Crippen LogP) is 2.46. The van der Waals surface area contributed by atoms with E-state index in [9.17, 15) is 0 Å². The van der Waals surface area contributed by atoms with Gasteiger partial charge >= 0.3 is 0 Å². The van der Waals surface area contributed by atoms with Gasteiger partial charge < -0.3 is 5.32 Å². The quantitative estimate of drug-likeness (QED) is 0.814. The van der Waals surface area contributed by atoms with Crippen molar-refractivity contribution in [3.63, 3.8) is 0 Å². The van der Waals surface area contributed by atoms with Crippen LogP contribution in [0.25, 0.3) is 0 Å². The molecule has 2 aliphatic rings. The summed E-state index contributed by atoms with van der Waals surface area (Å²) in [6.45, 7) is 3.53. The molecule has 0 amide bonds. The number of pyridine rings is 1. The Morgan fingerprint density at radius 3 is 3.20 bits per heavy atom. The Bertz CT molecular complexity index is 369. The third-order valence-corrected chi connectivity index (χ3v) is 3.84. The molecule has 80 valence electrons. The molecule has 1 atom stereocenters. The van der Waals surface area contributed by atoms with E-state index in [-0.39, 0.29) is 0 Å². The molecule has 1 saturated carbocycles. The molecule has 1 aromatic heterocycles. The molecule has 0 saturated heterocycles. The number of nitrogens with zero attached hydrogens (tertiary/aromatic N) is 1. The van der Waals surface area contributed by atoms with Crippen LogP contribution >= 0.6 is 0 Å². The smallest absolute Gasteiger partial charge is 0.0605 e. The van der Waals surface area contributed by atoms with Gasteiger partial charge in [0.05, 0.1) is 11.7 Å². The zero-order chi connectivity index (χ0) is 10.3. The van der Waals surface area contributed by atoms with Gasteiger partial charge in [-0.2, -0.15) is 0 Å². The summed E-state index contributed by atoms with van der Waals surface area (Å²) in [6, 6.07) is 4.77. The first kappa shape index (κ1) is 9.34. The number of hydrogen-bond donors (Lipinski definition) is 1. The lowest BCUT2D eigenvalue weighted by Crippen LogP contribution is -2.26. The molecular weight excluding hydrogens is 184 g/mol. The van der Waals surface area contributed by atoms with E-state index in [1.807, 2.05) is 12.3 Å². The summed E-state index contributed by atoms with van der Waals surface area (Å²) in [5.74, 6) is 0. The highest BCUT2D eigenvalue weighted by Crippen LogP contribution is 2.44. The van der Waals surface area contributed by atoms with E-state index in [4.69, 9.17) is 0 Å². The number of rotatable bonds is 3. The van der Waals surface area contributed by atoms with Crippen LogP contribution in [0.2, 0.25) is 0 Å². The first-order chi connectivity index (χ1) is 7.27. The maximum atomic E-state index is 4.50. The second-order valence-electron chi connectivity index (χ2n) is 5.33. The lowest BCUT2D eigenvalue weighted by Gasteiger charge is -2.16. The minimum atomic E-state index is 0.513. The van der Waals surface area contributed by atoms with Crippen LogP contribution in [0, 0.1) is 5.41 Å². The summed E-state index contributed by atoms with van der Waals surface area (Å²) in [5, 5.41) is 3.68. The molecule has 2 nitrogen and oxygen atoms in total. The normalized spacial score (nSPS) is 26.3. The number of nitrogens with one attached hydrogen (secondary N) is 1. The molecule has 15 heavy (non-hydrogen) atoms. The van der Waals surface area contributed by atoms with Crippen molar-refractivity contribution in [2.24, 2.45) is 5.41 Å². The number of aromatic nitrogens is 1. The molecule has 1 fully saturated rings. The van der Waals surface area contributed by atoms with Gasteiger partial charge in [0.15, 0.2) is 0 Å². The van der Waals surface area contributed by atoms with Crippen LogP contribution in [-0.4, -0.2) is 11.5 Å². The largest absolute Gasteiger partial charge is 0.308 e. The molecule has 0 aliphatic heterocycles. The average molecular weight is 202 g/mol. The van der Waals surface area contributed by atoms with Crippen molar-refractivity contribution in [3.8, 4) is 0 Å². The molecule has 0 aromatic carbocycles. The van der Waals surface area contributed by atoms with Crippen molar-refractivity contribution in [2.75, 3.05) is 6.54 Å².